The Morgan fingerprint density at radius 3 is 2.50 bits per heavy atom. The van der Waals surface area contributed by atoms with Gasteiger partial charge in [0.05, 0.1) is 11.1 Å². The van der Waals surface area contributed by atoms with Gasteiger partial charge in [-0.25, -0.2) is 4.79 Å². The van der Waals surface area contributed by atoms with Crippen LogP contribution < -0.4 is 9.47 Å². The van der Waals surface area contributed by atoms with Crippen molar-refractivity contribution in [1.82, 2.24) is 0 Å². The molecular weight excluding hydrogens is 352 g/mol. The molecule has 28 heavy (non-hydrogen) atoms. The molecule has 0 spiro atoms. The lowest BCUT2D eigenvalue weighted by molar-refractivity contribution is 0.0733. The molecule has 0 N–H and O–H groups in total. The van der Waals surface area contributed by atoms with E-state index in [-0.39, 0.29) is 11.5 Å². The van der Waals surface area contributed by atoms with Gasteiger partial charge >= 0.3 is 5.97 Å². The van der Waals surface area contributed by atoms with Crippen LogP contribution in [0.5, 0.6) is 11.5 Å². The maximum atomic E-state index is 12.6. The van der Waals surface area contributed by atoms with Crippen molar-refractivity contribution in [3.8, 4) is 11.5 Å². The molecule has 1 aliphatic rings. The molecule has 0 unspecified atom stereocenters. The van der Waals surface area contributed by atoms with Crippen LogP contribution >= 0.6 is 0 Å². The number of carbonyl (C=O) groups excluding carboxylic acids is 2. The Kier molecular flexibility index (Phi) is 4.53. The van der Waals surface area contributed by atoms with E-state index < -0.39 is 5.97 Å². The van der Waals surface area contributed by atoms with E-state index in [1.807, 2.05) is 49.4 Å². The summed E-state index contributed by atoms with van der Waals surface area (Å²) < 4.78 is 11.4. The maximum Gasteiger partial charge on any atom is 0.343 e. The fourth-order valence-electron chi connectivity index (χ4n) is 3.11. The van der Waals surface area contributed by atoms with Crippen LogP contribution in [0, 0.1) is 13.8 Å². The molecule has 0 saturated heterocycles. The normalized spacial score (nSPS) is 13.9. The lowest BCUT2D eigenvalue weighted by Crippen LogP contribution is -2.09. The molecule has 0 radical (unpaired) electrons. The fraction of sp³-hybridized carbons (Fsp3) is 0.0833. The van der Waals surface area contributed by atoms with Crippen molar-refractivity contribution in [3.05, 3.63) is 100 Å². The zero-order valence-corrected chi connectivity index (χ0v) is 15.6. The number of allylic oxidation sites excluding steroid dienone is 1. The van der Waals surface area contributed by atoms with E-state index in [1.54, 1.807) is 37.3 Å². The van der Waals surface area contributed by atoms with Gasteiger partial charge in [-0.2, -0.15) is 0 Å². The molecule has 4 rings (SSSR count). The van der Waals surface area contributed by atoms with Gasteiger partial charge in [0.15, 0.2) is 5.76 Å². The first-order valence-corrected chi connectivity index (χ1v) is 8.94. The SMILES string of the molecule is Cc1cccc(C(=O)Oc2ccc3c(c2C)O/C(=C\c2ccccc2)C3=O)c1. The minimum absolute atomic E-state index is 0.182. The van der Waals surface area contributed by atoms with Crippen molar-refractivity contribution >= 4 is 17.8 Å². The van der Waals surface area contributed by atoms with Crippen LogP contribution in [0.3, 0.4) is 0 Å². The zero-order chi connectivity index (χ0) is 19.7. The Bertz CT molecular complexity index is 1110. The minimum Gasteiger partial charge on any atom is -0.452 e. The predicted molar refractivity (Wildman–Crippen MR) is 107 cm³/mol. The number of esters is 1. The van der Waals surface area contributed by atoms with E-state index in [0.29, 0.717) is 28.2 Å². The predicted octanol–water partition coefficient (Wildman–Crippen LogP) is 5.14. The molecule has 1 aliphatic heterocycles. The highest BCUT2D eigenvalue weighted by Gasteiger charge is 2.30. The second kappa shape index (κ2) is 7.16. The number of aryl methyl sites for hydroxylation is 1. The number of carbonyl (C=O) groups is 2. The second-order valence-electron chi connectivity index (χ2n) is 6.67. The first-order chi connectivity index (χ1) is 13.5. The molecule has 0 aromatic heterocycles. The van der Waals surface area contributed by atoms with Gasteiger partial charge in [-0.3, -0.25) is 4.79 Å². The molecular formula is C24H18O4. The van der Waals surface area contributed by atoms with Gasteiger partial charge in [-0.05, 0) is 49.8 Å². The Hall–Kier alpha value is -3.66. The van der Waals surface area contributed by atoms with Gasteiger partial charge < -0.3 is 9.47 Å². The summed E-state index contributed by atoms with van der Waals surface area (Å²) in [7, 11) is 0. The van der Waals surface area contributed by atoms with Crippen LogP contribution in [-0.4, -0.2) is 11.8 Å². The first-order valence-electron chi connectivity index (χ1n) is 8.94. The number of ketones is 1. The summed E-state index contributed by atoms with van der Waals surface area (Å²) in [5.41, 5.74) is 3.41. The third-order valence-corrected chi connectivity index (χ3v) is 4.59. The van der Waals surface area contributed by atoms with E-state index in [1.165, 1.54) is 0 Å². The quantitative estimate of drug-likeness (QED) is 0.364. The van der Waals surface area contributed by atoms with Gasteiger partial charge in [-0.15, -0.1) is 0 Å². The van der Waals surface area contributed by atoms with Gasteiger partial charge in [0.1, 0.15) is 11.5 Å². The topological polar surface area (TPSA) is 52.6 Å². The van der Waals surface area contributed by atoms with Crippen molar-refractivity contribution < 1.29 is 19.1 Å². The fourth-order valence-corrected chi connectivity index (χ4v) is 3.11. The average molecular weight is 370 g/mol. The first kappa shape index (κ1) is 17.7. The average Bonchev–Trinajstić information content (AvgIpc) is 3.01. The number of ether oxygens (including phenoxy) is 2. The molecule has 1 heterocycles. The zero-order valence-electron chi connectivity index (χ0n) is 15.6. The highest BCUT2D eigenvalue weighted by Crippen LogP contribution is 2.39. The molecule has 0 aliphatic carbocycles. The summed E-state index contributed by atoms with van der Waals surface area (Å²) in [5, 5.41) is 0. The van der Waals surface area contributed by atoms with E-state index >= 15 is 0 Å². The smallest absolute Gasteiger partial charge is 0.343 e. The van der Waals surface area contributed by atoms with Crippen molar-refractivity contribution in [3.63, 3.8) is 0 Å². The van der Waals surface area contributed by atoms with Crippen LogP contribution in [0.2, 0.25) is 0 Å². The van der Waals surface area contributed by atoms with Crippen LogP contribution in [0.1, 0.15) is 37.4 Å². The molecule has 4 heteroatoms. The molecule has 0 atom stereocenters. The third-order valence-electron chi connectivity index (χ3n) is 4.59. The van der Waals surface area contributed by atoms with Gasteiger partial charge in [0, 0.05) is 5.56 Å². The van der Waals surface area contributed by atoms with E-state index in [2.05, 4.69) is 0 Å². The third kappa shape index (κ3) is 3.32. The summed E-state index contributed by atoms with van der Waals surface area (Å²) in [6, 6.07) is 20.0. The summed E-state index contributed by atoms with van der Waals surface area (Å²) >= 11 is 0. The highest BCUT2D eigenvalue weighted by atomic mass is 16.5. The Balaban J connectivity index is 1.62. The van der Waals surface area contributed by atoms with Crippen LogP contribution in [0.15, 0.2) is 72.5 Å². The van der Waals surface area contributed by atoms with Crippen molar-refractivity contribution in [2.45, 2.75) is 13.8 Å². The lowest BCUT2D eigenvalue weighted by Gasteiger charge is -2.10. The molecule has 3 aromatic rings. The number of fused-ring (bicyclic) bond motifs is 1. The van der Waals surface area contributed by atoms with Crippen molar-refractivity contribution in [2.75, 3.05) is 0 Å². The van der Waals surface area contributed by atoms with Gasteiger partial charge in [0.2, 0.25) is 5.78 Å². The van der Waals surface area contributed by atoms with E-state index in [9.17, 15) is 9.59 Å². The molecule has 138 valence electrons. The standard InChI is InChI=1S/C24H18O4/c1-15-7-6-10-18(13-15)24(26)28-20-12-11-19-22(25)21(27-23(19)16(20)2)14-17-8-4-3-5-9-17/h3-14H,1-2H3/b21-14-. The highest BCUT2D eigenvalue weighted by molar-refractivity contribution is 6.15. The monoisotopic (exact) mass is 370 g/mol. The maximum absolute atomic E-state index is 12.6. The molecule has 0 fully saturated rings. The summed E-state index contributed by atoms with van der Waals surface area (Å²) in [6.07, 6.45) is 1.71. The minimum atomic E-state index is -0.448. The summed E-state index contributed by atoms with van der Waals surface area (Å²) in [6.45, 7) is 3.69. The van der Waals surface area contributed by atoms with Crippen LogP contribution in [0.4, 0.5) is 0 Å². The largest absolute Gasteiger partial charge is 0.452 e. The molecule has 3 aromatic carbocycles. The van der Waals surface area contributed by atoms with Crippen molar-refractivity contribution in [1.29, 1.82) is 0 Å². The lowest BCUT2D eigenvalue weighted by atomic mass is 10.1. The van der Waals surface area contributed by atoms with Crippen LogP contribution in [0.25, 0.3) is 6.08 Å². The Morgan fingerprint density at radius 2 is 1.75 bits per heavy atom. The number of hydrogen-bond donors (Lipinski definition) is 0. The number of rotatable bonds is 3. The Morgan fingerprint density at radius 1 is 0.964 bits per heavy atom. The van der Waals surface area contributed by atoms with E-state index in [0.717, 1.165) is 11.1 Å². The number of Topliss-reactive ketones (excluding diaryl/α,β-unsaturated/α-hetero) is 1. The van der Waals surface area contributed by atoms with Crippen molar-refractivity contribution in [2.24, 2.45) is 0 Å². The summed E-state index contributed by atoms with van der Waals surface area (Å²) in [4.78, 5) is 25.1. The van der Waals surface area contributed by atoms with E-state index in [4.69, 9.17) is 9.47 Å². The Labute approximate surface area is 163 Å². The molecule has 0 bridgehead atoms. The van der Waals surface area contributed by atoms with Gasteiger partial charge in [-0.1, -0.05) is 48.0 Å². The van der Waals surface area contributed by atoms with Gasteiger partial charge in [0.25, 0.3) is 0 Å². The molecule has 0 saturated carbocycles. The molecule has 4 nitrogen and oxygen atoms in total. The van der Waals surface area contributed by atoms with Crippen LogP contribution in [-0.2, 0) is 0 Å². The second-order valence-corrected chi connectivity index (χ2v) is 6.67. The summed E-state index contributed by atoms with van der Waals surface area (Å²) in [5.74, 6) is 0.432. The number of hydrogen-bond acceptors (Lipinski definition) is 4. The number of benzene rings is 3. The molecule has 0 amide bonds.